The molecule has 2 aromatic carbocycles. The van der Waals surface area contributed by atoms with Gasteiger partial charge < -0.3 is 10.5 Å². The second kappa shape index (κ2) is 5.28. The summed E-state index contributed by atoms with van der Waals surface area (Å²) in [5.74, 6) is 2.14. The number of rotatable bonds is 3. The average molecular weight is 280 g/mol. The van der Waals surface area contributed by atoms with E-state index in [1.165, 1.54) is 0 Å². The molecule has 0 atom stereocenters. The highest BCUT2D eigenvalue weighted by atomic mass is 16.5. The Morgan fingerprint density at radius 1 is 1.10 bits per heavy atom. The predicted octanol–water partition coefficient (Wildman–Crippen LogP) is 3.04. The van der Waals surface area contributed by atoms with Gasteiger partial charge in [-0.2, -0.15) is 5.10 Å². The van der Waals surface area contributed by atoms with Gasteiger partial charge in [0.25, 0.3) is 0 Å². The number of nitrogens with zero attached hydrogens (tertiary/aromatic N) is 2. The van der Waals surface area contributed by atoms with Crippen LogP contribution in [0, 0.1) is 6.92 Å². The Morgan fingerprint density at radius 3 is 2.71 bits per heavy atom. The molecule has 5 nitrogen and oxygen atoms in total. The van der Waals surface area contributed by atoms with Crippen LogP contribution in [-0.4, -0.2) is 22.3 Å². The Balaban J connectivity index is 1.97. The van der Waals surface area contributed by atoms with Crippen LogP contribution in [0.2, 0.25) is 0 Å². The fourth-order valence-corrected chi connectivity index (χ4v) is 2.11. The molecule has 0 saturated heterocycles. The van der Waals surface area contributed by atoms with Crippen molar-refractivity contribution in [3.8, 4) is 28.5 Å². The molecule has 0 bridgehead atoms. The Labute approximate surface area is 122 Å². The summed E-state index contributed by atoms with van der Waals surface area (Å²) in [5.41, 5.74) is 9.49. The molecule has 21 heavy (non-hydrogen) atoms. The number of nitrogens with two attached hydrogens (primary N) is 1. The molecule has 0 aliphatic rings. The lowest BCUT2D eigenvalue weighted by Crippen LogP contribution is -1.90. The molecule has 5 heteroatoms. The average Bonchev–Trinajstić information content (AvgIpc) is 3.00. The van der Waals surface area contributed by atoms with Crippen molar-refractivity contribution in [2.45, 2.75) is 6.92 Å². The standard InChI is InChI=1S/C16H16N4O/c1-10-8-12(6-7-14(10)17)16-18-15(19-20-16)11-4-3-5-13(9-11)21-2/h3-9H,17H2,1-2H3,(H,18,19,20). The molecule has 3 aromatic rings. The van der Waals surface area contributed by atoms with Crippen LogP contribution in [0.15, 0.2) is 42.5 Å². The fourth-order valence-electron chi connectivity index (χ4n) is 2.11. The van der Waals surface area contributed by atoms with Gasteiger partial charge in [0, 0.05) is 16.8 Å². The third-order valence-corrected chi connectivity index (χ3v) is 3.36. The summed E-state index contributed by atoms with van der Waals surface area (Å²) in [5, 5.41) is 7.23. The monoisotopic (exact) mass is 280 g/mol. The first-order valence-corrected chi connectivity index (χ1v) is 6.60. The van der Waals surface area contributed by atoms with Gasteiger partial charge in [0.2, 0.25) is 0 Å². The molecule has 3 rings (SSSR count). The molecule has 1 aromatic heterocycles. The molecule has 106 valence electrons. The van der Waals surface area contributed by atoms with E-state index in [0.717, 1.165) is 34.0 Å². The number of aromatic amines is 1. The zero-order chi connectivity index (χ0) is 14.8. The van der Waals surface area contributed by atoms with E-state index in [1.807, 2.05) is 49.4 Å². The minimum Gasteiger partial charge on any atom is -0.497 e. The molecule has 1 heterocycles. The second-order valence-electron chi connectivity index (χ2n) is 4.81. The quantitative estimate of drug-likeness (QED) is 0.723. The second-order valence-corrected chi connectivity index (χ2v) is 4.81. The lowest BCUT2D eigenvalue weighted by molar-refractivity contribution is 0.415. The van der Waals surface area contributed by atoms with Gasteiger partial charge >= 0.3 is 0 Å². The Morgan fingerprint density at radius 2 is 1.95 bits per heavy atom. The largest absolute Gasteiger partial charge is 0.497 e. The van der Waals surface area contributed by atoms with Gasteiger partial charge in [-0.3, -0.25) is 5.10 Å². The highest BCUT2D eigenvalue weighted by Gasteiger charge is 2.09. The van der Waals surface area contributed by atoms with Gasteiger partial charge in [0.1, 0.15) is 5.75 Å². The van der Waals surface area contributed by atoms with Gasteiger partial charge in [0.15, 0.2) is 11.6 Å². The van der Waals surface area contributed by atoms with Gasteiger partial charge in [-0.1, -0.05) is 12.1 Å². The topological polar surface area (TPSA) is 76.8 Å². The molecule has 0 spiro atoms. The van der Waals surface area contributed by atoms with Crippen LogP contribution in [0.5, 0.6) is 5.75 Å². The summed E-state index contributed by atoms with van der Waals surface area (Å²) in [6.07, 6.45) is 0. The highest BCUT2D eigenvalue weighted by Crippen LogP contribution is 2.24. The van der Waals surface area contributed by atoms with Crippen molar-refractivity contribution in [3.05, 3.63) is 48.0 Å². The SMILES string of the molecule is COc1cccc(-c2n[nH]c(-c3ccc(N)c(C)c3)n2)c1. The molecule has 0 unspecified atom stereocenters. The van der Waals surface area contributed by atoms with Gasteiger partial charge in [-0.25, -0.2) is 4.98 Å². The Hall–Kier alpha value is -2.82. The van der Waals surface area contributed by atoms with E-state index < -0.39 is 0 Å². The first-order valence-electron chi connectivity index (χ1n) is 6.60. The maximum Gasteiger partial charge on any atom is 0.181 e. The summed E-state index contributed by atoms with van der Waals surface area (Å²) in [6.45, 7) is 1.97. The molecule has 0 aliphatic heterocycles. The predicted molar refractivity (Wildman–Crippen MR) is 83.0 cm³/mol. The first-order chi connectivity index (χ1) is 10.2. The minimum absolute atomic E-state index is 0.637. The molecule has 0 fully saturated rings. The molecule has 0 aliphatic carbocycles. The van der Waals surface area contributed by atoms with E-state index in [-0.39, 0.29) is 0 Å². The normalized spacial score (nSPS) is 10.6. The summed E-state index contributed by atoms with van der Waals surface area (Å²) >= 11 is 0. The molecular formula is C16H16N4O. The summed E-state index contributed by atoms with van der Waals surface area (Å²) < 4.78 is 5.22. The molecule has 0 radical (unpaired) electrons. The van der Waals surface area contributed by atoms with Crippen LogP contribution in [0.25, 0.3) is 22.8 Å². The van der Waals surface area contributed by atoms with Crippen molar-refractivity contribution in [2.75, 3.05) is 12.8 Å². The van der Waals surface area contributed by atoms with E-state index in [2.05, 4.69) is 15.2 Å². The van der Waals surface area contributed by atoms with Crippen LogP contribution in [-0.2, 0) is 0 Å². The van der Waals surface area contributed by atoms with Gasteiger partial charge in [0.05, 0.1) is 7.11 Å². The third-order valence-electron chi connectivity index (χ3n) is 3.36. The lowest BCUT2D eigenvalue weighted by Gasteiger charge is -2.02. The maximum atomic E-state index is 5.83. The number of hydrogen-bond acceptors (Lipinski definition) is 4. The highest BCUT2D eigenvalue weighted by molar-refractivity contribution is 5.65. The number of nitrogen functional groups attached to an aromatic ring is 1. The summed E-state index contributed by atoms with van der Waals surface area (Å²) in [6, 6.07) is 13.4. The number of nitrogens with one attached hydrogen (secondary N) is 1. The van der Waals surface area contributed by atoms with Gasteiger partial charge in [-0.15, -0.1) is 0 Å². The zero-order valence-electron chi connectivity index (χ0n) is 11.9. The van der Waals surface area contributed by atoms with Gasteiger partial charge in [-0.05, 0) is 42.8 Å². The Bertz CT molecular complexity index is 779. The van der Waals surface area contributed by atoms with Crippen molar-refractivity contribution < 1.29 is 4.74 Å². The Kier molecular flexibility index (Phi) is 3.31. The molecule has 0 saturated carbocycles. The van der Waals surface area contributed by atoms with Crippen molar-refractivity contribution in [1.82, 2.24) is 15.2 Å². The summed E-state index contributed by atoms with van der Waals surface area (Å²) in [4.78, 5) is 4.53. The van der Waals surface area contributed by atoms with Crippen LogP contribution in [0.1, 0.15) is 5.56 Å². The number of aromatic nitrogens is 3. The number of hydrogen-bond donors (Lipinski definition) is 2. The van der Waals surface area contributed by atoms with Crippen molar-refractivity contribution in [2.24, 2.45) is 0 Å². The number of methoxy groups -OCH3 is 1. The maximum absolute atomic E-state index is 5.83. The van der Waals surface area contributed by atoms with E-state index in [0.29, 0.717) is 5.82 Å². The molecule has 3 N–H and O–H groups in total. The third kappa shape index (κ3) is 2.58. The van der Waals surface area contributed by atoms with Crippen molar-refractivity contribution in [1.29, 1.82) is 0 Å². The van der Waals surface area contributed by atoms with Crippen LogP contribution in [0.3, 0.4) is 0 Å². The van der Waals surface area contributed by atoms with E-state index in [4.69, 9.17) is 10.5 Å². The lowest BCUT2D eigenvalue weighted by atomic mass is 10.1. The van der Waals surface area contributed by atoms with Crippen molar-refractivity contribution >= 4 is 5.69 Å². The zero-order valence-corrected chi connectivity index (χ0v) is 11.9. The number of H-pyrrole nitrogens is 1. The number of anilines is 1. The van der Waals surface area contributed by atoms with Crippen LogP contribution in [0.4, 0.5) is 5.69 Å². The van der Waals surface area contributed by atoms with Crippen LogP contribution >= 0.6 is 0 Å². The number of benzene rings is 2. The van der Waals surface area contributed by atoms with E-state index in [9.17, 15) is 0 Å². The summed E-state index contributed by atoms with van der Waals surface area (Å²) in [7, 11) is 1.64. The number of ether oxygens (including phenoxy) is 1. The smallest absolute Gasteiger partial charge is 0.181 e. The van der Waals surface area contributed by atoms with E-state index in [1.54, 1.807) is 7.11 Å². The van der Waals surface area contributed by atoms with E-state index >= 15 is 0 Å². The van der Waals surface area contributed by atoms with Crippen molar-refractivity contribution in [3.63, 3.8) is 0 Å². The van der Waals surface area contributed by atoms with Crippen LogP contribution < -0.4 is 10.5 Å². The number of aryl methyl sites for hydroxylation is 1. The molecular weight excluding hydrogens is 264 g/mol. The fraction of sp³-hybridized carbons (Fsp3) is 0.125. The molecule has 0 amide bonds. The minimum atomic E-state index is 0.637. The first kappa shape index (κ1) is 13.2.